The van der Waals surface area contributed by atoms with Crippen molar-refractivity contribution in [3.63, 3.8) is 0 Å². The molecule has 0 aromatic carbocycles. The van der Waals surface area contributed by atoms with Crippen LogP contribution in [0.2, 0.25) is 0 Å². The first-order valence-electron chi connectivity index (χ1n) is 5.80. The fraction of sp³-hybridized carbons (Fsp3) is 0.818. The van der Waals surface area contributed by atoms with Gasteiger partial charge in [-0.15, -0.1) is 0 Å². The second-order valence-electron chi connectivity index (χ2n) is 4.61. The van der Waals surface area contributed by atoms with Gasteiger partial charge in [-0.3, -0.25) is 4.68 Å². The van der Waals surface area contributed by atoms with Gasteiger partial charge in [0.1, 0.15) is 12.2 Å². The average molecular weight is 224 g/mol. The summed E-state index contributed by atoms with van der Waals surface area (Å²) in [6, 6.07) is 0.290. The van der Waals surface area contributed by atoms with Gasteiger partial charge in [-0.25, -0.2) is 4.98 Å². The maximum atomic E-state index is 5.86. The lowest BCUT2D eigenvalue weighted by Crippen LogP contribution is -2.48. The Kier molecular flexibility index (Phi) is 3.25. The second kappa shape index (κ2) is 4.51. The molecule has 1 aliphatic heterocycles. The third-order valence-corrected chi connectivity index (χ3v) is 3.53. The van der Waals surface area contributed by atoms with Crippen molar-refractivity contribution in [2.45, 2.75) is 37.8 Å². The standard InChI is InChI=1S/C11H20N4O/c1-11(5-4-6-16-11)9(12-2)7-10-13-8-14-15(10)3/h8-9,12H,4-7H2,1-3H3. The van der Waals surface area contributed by atoms with E-state index < -0.39 is 0 Å². The third-order valence-electron chi connectivity index (χ3n) is 3.53. The molecule has 0 radical (unpaired) electrons. The number of nitrogens with one attached hydrogen (secondary N) is 1. The van der Waals surface area contributed by atoms with Crippen LogP contribution in [0, 0.1) is 0 Å². The molecule has 1 fully saturated rings. The Morgan fingerprint density at radius 1 is 1.69 bits per heavy atom. The summed E-state index contributed by atoms with van der Waals surface area (Å²) in [4.78, 5) is 4.26. The van der Waals surface area contributed by atoms with Crippen LogP contribution in [-0.2, 0) is 18.2 Å². The number of hydrogen-bond donors (Lipinski definition) is 1. The van der Waals surface area contributed by atoms with Gasteiger partial charge in [-0.05, 0) is 26.8 Å². The van der Waals surface area contributed by atoms with E-state index in [1.54, 1.807) is 6.33 Å². The molecule has 90 valence electrons. The monoisotopic (exact) mass is 224 g/mol. The van der Waals surface area contributed by atoms with Crippen LogP contribution in [0.5, 0.6) is 0 Å². The fourth-order valence-electron chi connectivity index (χ4n) is 2.39. The van der Waals surface area contributed by atoms with Gasteiger partial charge in [0.2, 0.25) is 0 Å². The fourth-order valence-corrected chi connectivity index (χ4v) is 2.39. The van der Waals surface area contributed by atoms with Crippen molar-refractivity contribution in [3.8, 4) is 0 Å². The first-order chi connectivity index (χ1) is 7.65. The molecule has 0 saturated carbocycles. The van der Waals surface area contributed by atoms with Crippen molar-refractivity contribution >= 4 is 0 Å². The van der Waals surface area contributed by atoms with E-state index in [2.05, 4.69) is 22.3 Å². The minimum Gasteiger partial charge on any atom is -0.374 e. The Bertz CT molecular complexity index is 344. The molecule has 2 atom stereocenters. The largest absolute Gasteiger partial charge is 0.374 e. The lowest BCUT2D eigenvalue weighted by atomic mass is 9.90. The number of rotatable bonds is 4. The van der Waals surface area contributed by atoms with Crippen LogP contribution >= 0.6 is 0 Å². The first-order valence-corrected chi connectivity index (χ1v) is 5.80. The van der Waals surface area contributed by atoms with Gasteiger partial charge in [-0.1, -0.05) is 0 Å². The SMILES string of the molecule is CNC(Cc1ncnn1C)C1(C)CCCO1. The number of hydrogen-bond acceptors (Lipinski definition) is 4. The summed E-state index contributed by atoms with van der Waals surface area (Å²) in [6.07, 6.45) is 4.70. The van der Waals surface area contributed by atoms with Gasteiger partial charge in [0.15, 0.2) is 0 Å². The maximum absolute atomic E-state index is 5.86. The highest BCUT2D eigenvalue weighted by molar-refractivity contribution is 4.99. The molecule has 16 heavy (non-hydrogen) atoms. The molecule has 0 spiro atoms. The summed E-state index contributed by atoms with van der Waals surface area (Å²) in [7, 11) is 3.90. The normalized spacial score (nSPS) is 27.2. The highest BCUT2D eigenvalue weighted by Crippen LogP contribution is 2.29. The Morgan fingerprint density at radius 3 is 3.00 bits per heavy atom. The molecular weight excluding hydrogens is 204 g/mol. The van der Waals surface area contributed by atoms with Gasteiger partial charge in [0, 0.05) is 26.1 Å². The smallest absolute Gasteiger partial charge is 0.138 e. The molecule has 1 aromatic rings. The molecule has 1 N–H and O–H groups in total. The summed E-state index contributed by atoms with van der Waals surface area (Å²) in [5.74, 6) is 0.996. The van der Waals surface area contributed by atoms with Crippen LogP contribution in [0.3, 0.4) is 0 Å². The molecule has 2 unspecified atom stereocenters. The van der Waals surface area contributed by atoms with Crippen molar-refractivity contribution < 1.29 is 4.74 Å². The van der Waals surface area contributed by atoms with Crippen LogP contribution in [-0.4, -0.2) is 40.1 Å². The Hall–Kier alpha value is -0.940. The summed E-state index contributed by atoms with van der Waals surface area (Å²) in [6.45, 7) is 3.05. The summed E-state index contributed by atoms with van der Waals surface area (Å²) in [5.41, 5.74) is -0.0688. The molecule has 0 aliphatic carbocycles. The third kappa shape index (κ3) is 2.10. The van der Waals surface area contributed by atoms with Gasteiger partial charge in [0.25, 0.3) is 0 Å². The zero-order valence-electron chi connectivity index (χ0n) is 10.2. The van der Waals surface area contributed by atoms with Gasteiger partial charge < -0.3 is 10.1 Å². The number of ether oxygens (including phenoxy) is 1. The molecule has 5 nitrogen and oxygen atoms in total. The summed E-state index contributed by atoms with van der Waals surface area (Å²) in [5, 5.41) is 7.43. The van der Waals surface area contributed by atoms with Crippen LogP contribution in [0.1, 0.15) is 25.6 Å². The number of likely N-dealkylation sites (N-methyl/N-ethyl adjacent to an activating group) is 1. The molecule has 2 rings (SSSR count). The van der Waals surface area contributed by atoms with E-state index in [9.17, 15) is 0 Å². The minimum atomic E-state index is -0.0688. The van der Waals surface area contributed by atoms with Crippen molar-refractivity contribution in [3.05, 3.63) is 12.2 Å². The van der Waals surface area contributed by atoms with Crippen molar-refractivity contribution in [1.82, 2.24) is 20.1 Å². The Morgan fingerprint density at radius 2 is 2.50 bits per heavy atom. The highest BCUT2D eigenvalue weighted by atomic mass is 16.5. The number of nitrogens with zero attached hydrogens (tertiary/aromatic N) is 3. The van der Waals surface area contributed by atoms with Crippen molar-refractivity contribution in [2.24, 2.45) is 7.05 Å². The molecule has 1 aliphatic rings. The van der Waals surface area contributed by atoms with Crippen LogP contribution in [0.25, 0.3) is 0 Å². The predicted octanol–water partition coefficient (Wildman–Crippen LogP) is 0.515. The molecule has 5 heteroatoms. The van der Waals surface area contributed by atoms with E-state index in [1.807, 2.05) is 18.8 Å². The average Bonchev–Trinajstić information content (AvgIpc) is 2.85. The summed E-state index contributed by atoms with van der Waals surface area (Å²) >= 11 is 0. The zero-order valence-corrected chi connectivity index (χ0v) is 10.2. The van der Waals surface area contributed by atoms with E-state index in [1.165, 1.54) is 0 Å². The molecule has 1 aromatic heterocycles. The van der Waals surface area contributed by atoms with Crippen LogP contribution in [0.4, 0.5) is 0 Å². The van der Waals surface area contributed by atoms with E-state index in [0.717, 1.165) is 31.7 Å². The lowest BCUT2D eigenvalue weighted by molar-refractivity contribution is -0.0101. The van der Waals surface area contributed by atoms with Crippen LogP contribution < -0.4 is 5.32 Å². The topological polar surface area (TPSA) is 52.0 Å². The number of aryl methyl sites for hydroxylation is 1. The predicted molar refractivity (Wildman–Crippen MR) is 61.1 cm³/mol. The van der Waals surface area contributed by atoms with E-state index in [4.69, 9.17) is 4.74 Å². The lowest BCUT2D eigenvalue weighted by Gasteiger charge is -2.32. The molecule has 2 heterocycles. The molecule has 0 bridgehead atoms. The molecule has 0 amide bonds. The Balaban J connectivity index is 2.08. The van der Waals surface area contributed by atoms with E-state index >= 15 is 0 Å². The zero-order chi connectivity index (χ0) is 11.6. The molecular formula is C11H20N4O. The van der Waals surface area contributed by atoms with Crippen molar-refractivity contribution in [1.29, 1.82) is 0 Å². The molecule has 1 saturated heterocycles. The van der Waals surface area contributed by atoms with Gasteiger partial charge in [0.05, 0.1) is 5.60 Å². The minimum absolute atomic E-state index is 0.0688. The maximum Gasteiger partial charge on any atom is 0.138 e. The quantitative estimate of drug-likeness (QED) is 0.810. The van der Waals surface area contributed by atoms with Crippen LogP contribution in [0.15, 0.2) is 6.33 Å². The first kappa shape index (κ1) is 11.5. The highest BCUT2D eigenvalue weighted by Gasteiger charge is 2.38. The van der Waals surface area contributed by atoms with Gasteiger partial charge >= 0.3 is 0 Å². The van der Waals surface area contributed by atoms with Gasteiger partial charge in [-0.2, -0.15) is 5.10 Å². The summed E-state index contributed by atoms with van der Waals surface area (Å²) < 4.78 is 7.68. The number of aromatic nitrogens is 3. The Labute approximate surface area is 96.2 Å². The second-order valence-corrected chi connectivity index (χ2v) is 4.61. The van der Waals surface area contributed by atoms with Crippen molar-refractivity contribution in [2.75, 3.05) is 13.7 Å². The van der Waals surface area contributed by atoms with E-state index in [0.29, 0.717) is 0 Å². The van der Waals surface area contributed by atoms with E-state index in [-0.39, 0.29) is 11.6 Å².